The molecule has 2 aliphatic heterocycles. The molecular formula is C19H18F2N2O2. The highest BCUT2D eigenvalue weighted by molar-refractivity contribution is 6.01. The van der Waals surface area contributed by atoms with E-state index in [9.17, 15) is 13.6 Å². The summed E-state index contributed by atoms with van der Waals surface area (Å²) in [5.41, 5.74) is 1.42. The highest BCUT2D eigenvalue weighted by Crippen LogP contribution is 2.35. The topological polar surface area (TPSA) is 41.6 Å². The minimum Gasteiger partial charge on any atom is -0.376 e. The van der Waals surface area contributed by atoms with Crippen molar-refractivity contribution >= 4 is 11.6 Å². The van der Waals surface area contributed by atoms with Crippen molar-refractivity contribution in [3.05, 3.63) is 65.2 Å². The molecule has 6 heteroatoms. The molecule has 1 N–H and O–H groups in total. The lowest BCUT2D eigenvalue weighted by molar-refractivity contribution is 0.0423. The number of hydrogen-bond acceptors (Lipinski definition) is 3. The van der Waals surface area contributed by atoms with E-state index in [1.165, 1.54) is 12.1 Å². The molecule has 2 atom stereocenters. The van der Waals surface area contributed by atoms with Crippen LogP contribution in [0, 0.1) is 11.6 Å². The van der Waals surface area contributed by atoms with Gasteiger partial charge in [-0.05, 0) is 37.1 Å². The van der Waals surface area contributed by atoms with Gasteiger partial charge in [0.25, 0.3) is 5.91 Å². The van der Waals surface area contributed by atoms with Gasteiger partial charge in [-0.15, -0.1) is 0 Å². The van der Waals surface area contributed by atoms with Crippen molar-refractivity contribution in [2.24, 2.45) is 0 Å². The lowest BCUT2D eigenvalue weighted by atomic mass is 10.0. The minimum atomic E-state index is -0.702. The Hall–Kier alpha value is -2.47. The summed E-state index contributed by atoms with van der Waals surface area (Å²) in [5, 5.41) is 3.22. The Morgan fingerprint density at radius 2 is 2.04 bits per heavy atom. The molecule has 0 spiro atoms. The summed E-state index contributed by atoms with van der Waals surface area (Å²) >= 11 is 0. The first-order valence-corrected chi connectivity index (χ1v) is 8.36. The van der Waals surface area contributed by atoms with Gasteiger partial charge in [-0.25, -0.2) is 8.78 Å². The fraction of sp³-hybridized carbons (Fsp3) is 0.316. The maximum Gasteiger partial charge on any atom is 0.257 e. The third kappa shape index (κ3) is 2.98. The molecular weight excluding hydrogens is 326 g/mol. The van der Waals surface area contributed by atoms with Crippen molar-refractivity contribution in [3.63, 3.8) is 0 Å². The number of para-hydroxylation sites is 1. The van der Waals surface area contributed by atoms with Crippen LogP contribution in [0.4, 0.5) is 14.5 Å². The molecule has 1 amide bonds. The minimum absolute atomic E-state index is 0.0676. The molecule has 0 unspecified atom stereocenters. The number of carbonyl (C=O) groups excluding carboxylic acids is 1. The van der Waals surface area contributed by atoms with Gasteiger partial charge in [0, 0.05) is 30.5 Å². The average Bonchev–Trinajstić information content (AvgIpc) is 3.11. The van der Waals surface area contributed by atoms with Crippen LogP contribution in [-0.4, -0.2) is 30.1 Å². The zero-order valence-electron chi connectivity index (χ0n) is 13.5. The van der Waals surface area contributed by atoms with Gasteiger partial charge in [0.1, 0.15) is 17.8 Å². The Labute approximate surface area is 144 Å². The lowest BCUT2D eigenvalue weighted by Crippen LogP contribution is -2.46. The molecule has 0 aliphatic carbocycles. The molecule has 130 valence electrons. The van der Waals surface area contributed by atoms with Gasteiger partial charge in [0.15, 0.2) is 0 Å². The van der Waals surface area contributed by atoms with Crippen molar-refractivity contribution in [2.75, 3.05) is 18.5 Å². The van der Waals surface area contributed by atoms with E-state index in [1.807, 2.05) is 6.07 Å². The first-order valence-electron chi connectivity index (χ1n) is 8.36. The van der Waals surface area contributed by atoms with E-state index in [0.29, 0.717) is 24.4 Å². The molecule has 4 nitrogen and oxygen atoms in total. The summed E-state index contributed by atoms with van der Waals surface area (Å²) in [5.74, 6) is -1.50. The van der Waals surface area contributed by atoms with Gasteiger partial charge in [-0.3, -0.25) is 4.79 Å². The largest absolute Gasteiger partial charge is 0.376 e. The first kappa shape index (κ1) is 16.0. The van der Waals surface area contributed by atoms with Crippen LogP contribution < -0.4 is 5.32 Å². The summed E-state index contributed by atoms with van der Waals surface area (Å²) in [6.07, 6.45) is 1.05. The van der Waals surface area contributed by atoms with Gasteiger partial charge in [0.05, 0.1) is 11.7 Å². The van der Waals surface area contributed by atoms with Crippen molar-refractivity contribution in [1.82, 2.24) is 4.90 Å². The Morgan fingerprint density at radius 1 is 1.20 bits per heavy atom. The first-order chi connectivity index (χ1) is 12.1. The fourth-order valence-corrected chi connectivity index (χ4v) is 3.46. The second-order valence-corrected chi connectivity index (χ2v) is 6.35. The molecule has 25 heavy (non-hydrogen) atoms. The number of amides is 1. The standard InChI is InChI=1S/C19H18F2N2O2/c20-12-7-8-14(16(21)10-12)18-22-17-6-2-1-5-15(17)19(24)23(18)11-13-4-3-9-25-13/h1-2,5-8,10,13,18,22H,3-4,9,11H2/t13-,18-/m1/s1. The maximum atomic E-state index is 14.4. The Kier molecular flexibility index (Phi) is 4.13. The molecule has 0 radical (unpaired) electrons. The van der Waals surface area contributed by atoms with Crippen molar-refractivity contribution in [3.8, 4) is 0 Å². The van der Waals surface area contributed by atoms with Crippen LogP contribution in [0.1, 0.15) is 34.9 Å². The summed E-state index contributed by atoms with van der Waals surface area (Å²) in [4.78, 5) is 14.6. The number of ether oxygens (including phenoxy) is 1. The molecule has 1 fully saturated rings. The van der Waals surface area contributed by atoms with Gasteiger partial charge < -0.3 is 15.0 Å². The van der Waals surface area contributed by atoms with Crippen molar-refractivity contribution < 1.29 is 18.3 Å². The molecule has 2 aromatic carbocycles. The van der Waals surface area contributed by atoms with E-state index < -0.39 is 17.8 Å². The molecule has 1 saturated heterocycles. The zero-order chi connectivity index (χ0) is 17.4. The molecule has 2 aliphatic rings. The fourth-order valence-electron chi connectivity index (χ4n) is 3.46. The van der Waals surface area contributed by atoms with Crippen LogP contribution >= 0.6 is 0 Å². The number of nitrogens with one attached hydrogen (secondary N) is 1. The Morgan fingerprint density at radius 3 is 2.80 bits per heavy atom. The van der Waals surface area contributed by atoms with E-state index in [0.717, 1.165) is 18.9 Å². The van der Waals surface area contributed by atoms with Crippen LogP contribution in [0.5, 0.6) is 0 Å². The van der Waals surface area contributed by atoms with E-state index in [2.05, 4.69) is 5.32 Å². The molecule has 4 rings (SSSR count). The molecule has 0 aromatic heterocycles. The van der Waals surface area contributed by atoms with Crippen LogP contribution in [0.3, 0.4) is 0 Å². The predicted octanol–water partition coefficient (Wildman–Crippen LogP) is 3.71. The quantitative estimate of drug-likeness (QED) is 0.923. The third-order valence-corrected chi connectivity index (χ3v) is 4.70. The zero-order valence-corrected chi connectivity index (χ0v) is 13.5. The number of halogens is 2. The second kappa shape index (κ2) is 6.44. The summed E-state index contributed by atoms with van der Waals surface area (Å²) in [6.45, 7) is 1.04. The van der Waals surface area contributed by atoms with E-state index >= 15 is 0 Å². The third-order valence-electron chi connectivity index (χ3n) is 4.70. The SMILES string of the molecule is O=C1c2ccccc2N[C@@H](c2ccc(F)cc2F)N1C[C@H]1CCCO1. The molecule has 2 heterocycles. The van der Waals surface area contributed by atoms with Crippen LogP contribution in [0.15, 0.2) is 42.5 Å². The summed E-state index contributed by atoms with van der Waals surface area (Å²) < 4.78 is 33.3. The lowest BCUT2D eigenvalue weighted by Gasteiger charge is -2.39. The van der Waals surface area contributed by atoms with E-state index in [1.54, 1.807) is 23.1 Å². The van der Waals surface area contributed by atoms with Gasteiger partial charge >= 0.3 is 0 Å². The second-order valence-electron chi connectivity index (χ2n) is 6.35. The normalized spacial score (nSPS) is 22.6. The highest BCUT2D eigenvalue weighted by Gasteiger charge is 2.36. The number of anilines is 1. The highest BCUT2D eigenvalue weighted by atomic mass is 19.1. The van der Waals surface area contributed by atoms with E-state index in [4.69, 9.17) is 4.74 Å². The number of fused-ring (bicyclic) bond motifs is 1. The average molecular weight is 344 g/mol. The van der Waals surface area contributed by atoms with Crippen LogP contribution in [0.25, 0.3) is 0 Å². The van der Waals surface area contributed by atoms with Gasteiger partial charge in [-0.2, -0.15) is 0 Å². The van der Waals surface area contributed by atoms with Crippen molar-refractivity contribution in [1.29, 1.82) is 0 Å². The molecule has 2 aromatic rings. The maximum absolute atomic E-state index is 14.4. The number of rotatable bonds is 3. The monoisotopic (exact) mass is 344 g/mol. The number of benzene rings is 2. The van der Waals surface area contributed by atoms with Gasteiger partial charge in [0.2, 0.25) is 0 Å². The smallest absolute Gasteiger partial charge is 0.257 e. The Bertz CT molecular complexity index is 806. The van der Waals surface area contributed by atoms with E-state index in [-0.39, 0.29) is 17.6 Å². The number of hydrogen-bond donors (Lipinski definition) is 1. The van der Waals surface area contributed by atoms with Crippen molar-refractivity contribution in [2.45, 2.75) is 25.1 Å². The number of nitrogens with zero attached hydrogens (tertiary/aromatic N) is 1. The Balaban J connectivity index is 1.74. The van der Waals surface area contributed by atoms with Crippen LogP contribution in [-0.2, 0) is 4.74 Å². The van der Waals surface area contributed by atoms with Gasteiger partial charge in [-0.1, -0.05) is 12.1 Å². The summed E-state index contributed by atoms with van der Waals surface area (Å²) in [7, 11) is 0. The molecule has 0 saturated carbocycles. The number of carbonyl (C=O) groups is 1. The molecule has 0 bridgehead atoms. The summed E-state index contributed by atoms with van der Waals surface area (Å²) in [6, 6.07) is 10.6. The predicted molar refractivity (Wildman–Crippen MR) is 89.2 cm³/mol. The van der Waals surface area contributed by atoms with Crippen LogP contribution in [0.2, 0.25) is 0 Å².